The second kappa shape index (κ2) is 9.57. The van der Waals surface area contributed by atoms with Gasteiger partial charge in [-0.25, -0.2) is 4.39 Å². The molecule has 0 aromatic heterocycles. The Hall–Kier alpha value is -2.21. The number of esters is 1. The Balaban J connectivity index is 1.31. The highest BCUT2D eigenvalue weighted by atomic mass is 19.1. The zero-order valence-corrected chi connectivity index (χ0v) is 19.5. The highest BCUT2D eigenvalue weighted by Gasteiger charge is 2.54. The number of amides is 2. The molecule has 0 spiro atoms. The van der Waals surface area contributed by atoms with Crippen molar-refractivity contribution in [3.05, 3.63) is 0 Å². The Morgan fingerprint density at radius 1 is 1.15 bits per heavy atom. The smallest absolute Gasteiger partial charge is 0.310 e. The standard InChI is InChI=1S/C24H35FN4O4/c1-2-33-21(31)17-4-3-11-28(15-17)22(32)23-5-8-24(9-6-23,10-7-23)27-14-20(30)29-16-18(25)12-19(29)13-26/h17-19,27H,2-12,14-16H2,1H3/t17?,18-,19-,23?,24?/m1/s1. The molecule has 0 radical (unpaired) electrons. The highest BCUT2D eigenvalue weighted by Crippen LogP contribution is 2.53. The molecular formula is C24H35FN4O4. The number of hydrogen-bond acceptors (Lipinski definition) is 6. The van der Waals surface area contributed by atoms with Crippen LogP contribution in [0.3, 0.4) is 0 Å². The number of likely N-dealkylation sites (tertiary alicyclic amines) is 2. The normalized spacial score (nSPS) is 35.8. The third kappa shape index (κ3) is 4.72. The Kier molecular flexibility index (Phi) is 6.94. The first-order valence-electron chi connectivity index (χ1n) is 12.4. The summed E-state index contributed by atoms with van der Waals surface area (Å²) in [6, 6.07) is 1.34. The van der Waals surface area contributed by atoms with Gasteiger partial charge in [0.05, 0.1) is 31.7 Å². The molecule has 33 heavy (non-hydrogen) atoms. The molecule has 2 heterocycles. The zero-order valence-electron chi connectivity index (χ0n) is 19.5. The van der Waals surface area contributed by atoms with Crippen molar-refractivity contribution in [1.29, 1.82) is 5.26 Å². The summed E-state index contributed by atoms with van der Waals surface area (Å²) < 4.78 is 18.8. The lowest BCUT2D eigenvalue weighted by Crippen LogP contribution is -2.61. The number of halogens is 1. The maximum Gasteiger partial charge on any atom is 0.310 e. The van der Waals surface area contributed by atoms with E-state index in [1.807, 2.05) is 11.0 Å². The van der Waals surface area contributed by atoms with Crippen LogP contribution in [0.2, 0.25) is 0 Å². The lowest BCUT2D eigenvalue weighted by Gasteiger charge is -2.54. The molecule has 0 aromatic carbocycles. The summed E-state index contributed by atoms with van der Waals surface area (Å²) in [6.07, 6.45) is 5.29. The number of carbonyl (C=O) groups is 3. The second-order valence-electron chi connectivity index (χ2n) is 10.3. The number of carbonyl (C=O) groups excluding carboxylic acids is 3. The van der Waals surface area contributed by atoms with Gasteiger partial charge in [0.2, 0.25) is 11.8 Å². The van der Waals surface area contributed by atoms with Crippen molar-refractivity contribution in [3.8, 4) is 6.07 Å². The molecule has 1 N–H and O–H groups in total. The topological polar surface area (TPSA) is 103 Å². The largest absolute Gasteiger partial charge is 0.466 e. The molecule has 2 amide bonds. The van der Waals surface area contributed by atoms with Crippen LogP contribution >= 0.6 is 0 Å². The molecule has 182 valence electrons. The number of ether oxygens (including phenoxy) is 1. The van der Waals surface area contributed by atoms with Gasteiger partial charge < -0.3 is 19.9 Å². The first-order valence-corrected chi connectivity index (χ1v) is 12.4. The zero-order chi connectivity index (χ0) is 23.6. The summed E-state index contributed by atoms with van der Waals surface area (Å²) in [6.45, 7) is 3.38. The van der Waals surface area contributed by atoms with E-state index in [1.165, 1.54) is 4.90 Å². The van der Waals surface area contributed by atoms with E-state index in [2.05, 4.69) is 5.32 Å². The molecule has 5 rings (SSSR count). The van der Waals surface area contributed by atoms with E-state index >= 15 is 0 Å². The molecule has 5 aliphatic rings. The monoisotopic (exact) mass is 462 g/mol. The van der Waals surface area contributed by atoms with E-state index in [0.29, 0.717) is 19.7 Å². The minimum atomic E-state index is -1.13. The summed E-state index contributed by atoms with van der Waals surface area (Å²) >= 11 is 0. The predicted octanol–water partition coefficient (Wildman–Crippen LogP) is 1.93. The molecule has 2 aliphatic heterocycles. The summed E-state index contributed by atoms with van der Waals surface area (Å²) in [4.78, 5) is 41.6. The fourth-order valence-electron chi connectivity index (χ4n) is 6.27. The van der Waals surface area contributed by atoms with Crippen LogP contribution in [0.4, 0.5) is 4.39 Å². The van der Waals surface area contributed by atoms with Crippen LogP contribution in [-0.4, -0.2) is 78.1 Å². The van der Waals surface area contributed by atoms with Crippen LogP contribution in [0, 0.1) is 22.7 Å². The number of nitriles is 1. The van der Waals surface area contributed by atoms with Crippen molar-refractivity contribution in [2.75, 3.05) is 32.8 Å². The molecular weight excluding hydrogens is 427 g/mol. The Labute approximate surface area is 194 Å². The van der Waals surface area contributed by atoms with Gasteiger partial charge in [-0.1, -0.05) is 0 Å². The Morgan fingerprint density at radius 2 is 1.85 bits per heavy atom. The SMILES string of the molecule is CCOC(=O)C1CCCN(C(=O)C23CCC(NCC(=O)N4C[C@H](F)C[C@@H]4C#N)(CC2)CC3)C1. The third-order valence-corrected chi connectivity index (χ3v) is 8.36. The van der Waals surface area contributed by atoms with Gasteiger partial charge in [0.1, 0.15) is 12.2 Å². The summed E-state index contributed by atoms with van der Waals surface area (Å²) in [5.74, 6) is -0.496. The highest BCUT2D eigenvalue weighted by molar-refractivity contribution is 5.84. The molecule has 8 nitrogen and oxygen atoms in total. The van der Waals surface area contributed by atoms with E-state index in [0.717, 1.165) is 51.4 Å². The number of fused-ring (bicyclic) bond motifs is 3. The fourth-order valence-corrected chi connectivity index (χ4v) is 6.27. The van der Waals surface area contributed by atoms with Crippen LogP contribution < -0.4 is 5.32 Å². The first-order chi connectivity index (χ1) is 15.8. The molecule has 3 aliphatic carbocycles. The Bertz CT molecular complexity index is 803. The molecule has 9 heteroatoms. The minimum Gasteiger partial charge on any atom is -0.466 e. The van der Waals surface area contributed by atoms with E-state index in [9.17, 15) is 24.0 Å². The summed E-state index contributed by atoms with van der Waals surface area (Å²) in [7, 11) is 0. The van der Waals surface area contributed by atoms with Crippen molar-refractivity contribution in [1.82, 2.24) is 15.1 Å². The Morgan fingerprint density at radius 3 is 2.48 bits per heavy atom. The van der Waals surface area contributed by atoms with Gasteiger partial charge in [-0.3, -0.25) is 14.4 Å². The number of rotatable bonds is 6. The van der Waals surface area contributed by atoms with E-state index in [-0.39, 0.29) is 54.2 Å². The molecule has 3 atom stereocenters. The van der Waals surface area contributed by atoms with E-state index in [4.69, 9.17) is 4.74 Å². The van der Waals surface area contributed by atoms with Crippen molar-refractivity contribution < 1.29 is 23.5 Å². The van der Waals surface area contributed by atoms with Crippen LogP contribution in [-0.2, 0) is 19.1 Å². The van der Waals surface area contributed by atoms with E-state index < -0.39 is 12.2 Å². The molecule has 2 bridgehead atoms. The van der Waals surface area contributed by atoms with Gasteiger partial charge in [-0.15, -0.1) is 0 Å². The van der Waals surface area contributed by atoms with Crippen LogP contribution in [0.5, 0.6) is 0 Å². The number of alkyl halides is 1. The molecule has 1 unspecified atom stereocenters. The van der Waals surface area contributed by atoms with Crippen molar-refractivity contribution >= 4 is 17.8 Å². The molecule has 2 saturated heterocycles. The molecule has 3 saturated carbocycles. The average molecular weight is 463 g/mol. The van der Waals surface area contributed by atoms with Gasteiger partial charge in [0, 0.05) is 30.5 Å². The van der Waals surface area contributed by atoms with Crippen molar-refractivity contribution in [2.24, 2.45) is 11.3 Å². The number of piperidine rings is 1. The van der Waals surface area contributed by atoms with Crippen LogP contribution in [0.25, 0.3) is 0 Å². The second-order valence-corrected chi connectivity index (χ2v) is 10.3. The van der Waals surface area contributed by atoms with Gasteiger partial charge in [-0.2, -0.15) is 5.26 Å². The van der Waals surface area contributed by atoms with Gasteiger partial charge >= 0.3 is 5.97 Å². The maximum absolute atomic E-state index is 13.7. The molecule has 5 fully saturated rings. The predicted molar refractivity (Wildman–Crippen MR) is 117 cm³/mol. The van der Waals surface area contributed by atoms with Crippen LogP contribution in [0.1, 0.15) is 64.7 Å². The van der Waals surface area contributed by atoms with Crippen molar-refractivity contribution in [2.45, 2.75) is 82.5 Å². The number of nitrogens with one attached hydrogen (secondary N) is 1. The van der Waals surface area contributed by atoms with Crippen molar-refractivity contribution in [3.63, 3.8) is 0 Å². The van der Waals surface area contributed by atoms with Crippen LogP contribution in [0.15, 0.2) is 0 Å². The first kappa shape index (κ1) is 23.9. The molecule has 0 aromatic rings. The minimum absolute atomic E-state index is 0.00796. The van der Waals surface area contributed by atoms with E-state index in [1.54, 1.807) is 6.92 Å². The fraction of sp³-hybridized carbons (Fsp3) is 0.833. The van der Waals surface area contributed by atoms with Gasteiger partial charge in [0.25, 0.3) is 0 Å². The third-order valence-electron chi connectivity index (χ3n) is 8.36. The lowest BCUT2D eigenvalue weighted by molar-refractivity contribution is -0.157. The quantitative estimate of drug-likeness (QED) is 0.605. The lowest BCUT2D eigenvalue weighted by atomic mass is 9.56. The number of nitrogens with zero attached hydrogens (tertiary/aromatic N) is 3. The van der Waals surface area contributed by atoms with Gasteiger partial charge in [0.15, 0.2) is 0 Å². The number of hydrogen-bond donors (Lipinski definition) is 1. The summed E-state index contributed by atoms with van der Waals surface area (Å²) in [5, 5.41) is 12.6. The maximum atomic E-state index is 13.7. The average Bonchev–Trinajstić information content (AvgIpc) is 3.24. The van der Waals surface area contributed by atoms with Gasteiger partial charge in [-0.05, 0) is 58.3 Å². The summed E-state index contributed by atoms with van der Waals surface area (Å²) in [5.41, 5.74) is -0.545.